The largest absolute Gasteiger partial charge is 0.341 e. The molecule has 0 spiro atoms. The second-order valence-corrected chi connectivity index (χ2v) is 9.21. The molecule has 1 saturated heterocycles. The second kappa shape index (κ2) is 7.63. The Bertz CT molecular complexity index is 985. The molecule has 0 N–H and O–H groups in total. The fourth-order valence-corrected chi connectivity index (χ4v) is 5.08. The minimum atomic E-state index is -3.73. The summed E-state index contributed by atoms with van der Waals surface area (Å²) >= 11 is 0. The molecule has 0 radical (unpaired) electrons. The summed E-state index contributed by atoms with van der Waals surface area (Å²) in [4.78, 5) is 14.5. The van der Waals surface area contributed by atoms with E-state index in [-0.39, 0.29) is 23.9 Å². The molecule has 1 aromatic carbocycles. The van der Waals surface area contributed by atoms with Gasteiger partial charge in [-0.2, -0.15) is 9.40 Å². The Morgan fingerprint density at radius 3 is 2.50 bits per heavy atom. The van der Waals surface area contributed by atoms with Crippen LogP contribution in [0.2, 0.25) is 0 Å². The molecule has 1 aromatic heterocycles. The first-order valence-corrected chi connectivity index (χ1v) is 10.5. The molecule has 2 aromatic rings. The van der Waals surface area contributed by atoms with E-state index in [0.29, 0.717) is 13.0 Å². The zero-order valence-electron chi connectivity index (χ0n) is 16.5. The van der Waals surface area contributed by atoms with Gasteiger partial charge in [-0.3, -0.25) is 9.48 Å². The van der Waals surface area contributed by atoms with E-state index in [4.69, 9.17) is 0 Å². The molecule has 0 bridgehead atoms. The molecule has 152 valence electrons. The Hall–Kier alpha value is -2.26. The van der Waals surface area contributed by atoms with Crippen molar-refractivity contribution in [1.29, 1.82) is 0 Å². The zero-order chi connectivity index (χ0) is 20.6. The second-order valence-electron chi connectivity index (χ2n) is 7.27. The maximum Gasteiger partial charge on any atom is 0.243 e. The average Bonchev–Trinajstić information content (AvgIpc) is 3.23. The number of benzene rings is 1. The average molecular weight is 408 g/mol. The Kier molecular flexibility index (Phi) is 5.58. The predicted octanol–water partition coefficient (Wildman–Crippen LogP) is 1.85. The van der Waals surface area contributed by atoms with E-state index in [2.05, 4.69) is 5.10 Å². The molecule has 1 aliphatic heterocycles. The van der Waals surface area contributed by atoms with Crippen molar-refractivity contribution in [2.24, 2.45) is 13.0 Å². The van der Waals surface area contributed by atoms with Crippen LogP contribution in [0.5, 0.6) is 0 Å². The van der Waals surface area contributed by atoms with Gasteiger partial charge in [-0.25, -0.2) is 12.8 Å². The van der Waals surface area contributed by atoms with Crippen molar-refractivity contribution in [2.45, 2.75) is 31.7 Å². The van der Waals surface area contributed by atoms with Crippen molar-refractivity contribution in [1.82, 2.24) is 19.0 Å². The summed E-state index contributed by atoms with van der Waals surface area (Å²) in [6.45, 7) is 4.71. The first-order chi connectivity index (χ1) is 13.1. The summed E-state index contributed by atoms with van der Waals surface area (Å²) in [5.74, 6) is -0.965. The van der Waals surface area contributed by atoms with Crippen LogP contribution >= 0.6 is 0 Å². The molecule has 9 heteroatoms. The van der Waals surface area contributed by atoms with Gasteiger partial charge in [0.15, 0.2) is 0 Å². The summed E-state index contributed by atoms with van der Waals surface area (Å²) < 4.78 is 41.6. The number of hydrogen-bond acceptors (Lipinski definition) is 4. The van der Waals surface area contributed by atoms with Crippen molar-refractivity contribution >= 4 is 15.9 Å². The van der Waals surface area contributed by atoms with Gasteiger partial charge in [0.2, 0.25) is 15.9 Å². The molecule has 1 aliphatic rings. The topological polar surface area (TPSA) is 75.5 Å². The highest BCUT2D eigenvalue weighted by Gasteiger charge is 2.37. The van der Waals surface area contributed by atoms with Crippen molar-refractivity contribution in [3.63, 3.8) is 0 Å². The van der Waals surface area contributed by atoms with Gasteiger partial charge >= 0.3 is 0 Å². The highest BCUT2D eigenvalue weighted by atomic mass is 32.2. The van der Waals surface area contributed by atoms with E-state index in [1.165, 1.54) is 16.4 Å². The third-order valence-electron chi connectivity index (χ3n) is 5.38. The highest BCUT2D eigenvalue weighted by Crippen LogP contribution is 2.26. The van der Waals surface area contributed by atoms with E-state index >= 15 is 0 Å². The minimum Gasteiger partial charge on any atom is -0.341 e. The lowest BCUT2D eigenvalue weighted by Gasteiger charge is -2.22. The lowest BCUT2D eigenvalue weighted by Crippen LogP contribution is -2.35. The van der Waals surface area contributed by atoms with Crippen molar-refractivity contribution < 1.29 is 17.6 Å². The van der Waals surface area contributed by atoms with Gasteiger partial charge in [-0.05, 0) is 44.5 Å². The quantitative estimate of drug-likeness (QED) is 0.757. The first-order valence-electron chi connectivity index (χ1n) is 9.11. The molecule has 7 nitrogen and oxygen atoms in total. The Morgan fingerprint density at radius 1 is 1.29 bits per heavy atom. The number of hydrogen-bond donors (Lipinski definition) is 0. The van der Waals surface area contributed by atoms with E-state index in [0.717, 1.165) is 29.1 Å². The molecule has 28 heavy (non-hydrogen) atoms. The van der Waals surface area contributed by atoms with Crippen LogP contribution < -0.4 is 0 Å². The molecule has 2 heterocycles. The summed E-state index contributed by atoms with van der Waals surface area (Å²) in [6.07, 6.45) is 0.467. The van der Waals surface area contributed by atoms with Crippen LogP contribution in [0.3, 0.4) is 0 Å². The molecule has 0 saturated carbocycles. The van der Waals surface area contributed by atoms with E-state index in [9.17, 15) is 17.6 Å². The SMILES string of the molecule is Cc1nn(C)c(C)c1CN(C)C(=O)[C@H]1CCN(S(=O)(=O)c2ccc(F)cc2)C1. The van der Waals surface area contributed by atoms with Crippen molar-refractivity contribution in [3.05, 3.63) is 47.0 Å². The smallest absolute Gasteiger partial charge is 0.243 e. The number of amides is 1. The number of halogens is 1. The molecular weight excluding hydrogens is 383 g/mol. The predicted molar refractivity (Wildman–Crippen MR) is 102 cm³/mol. The normalized spacial score (nSPS) is 17.8. The zero-order valence-corrected chi connectivity index (χ0v) is 17.3. The van der Waals surface area contributed by atoms with E-state index in [1.807, 2.05) is 20.9 Å². The van der Waals surface area contributed by atoms with Gasteiger partial charge in [0, 0.05) is 45.0 Å². The van der Waals surface area contributed by atoms with Gasteiger partial charge in [0.1, 0.15) is 5.82 Å². The number of sulfonamides is 1. The number of aryl methyl sites for hydroxylation is 2. The Morgan fingerprint density at radius 2 is 1.93 bits per heavy atom. The van der Waals surface area contributed by atoms with Crippen LogP contribution in [-0.4, -0.2) is 53.4 Å². The van der Waals surface area contributed by atoms with E-state index in [1.54, 1.807) is 16.6 Å². The number of rotatable bonds is 5. The fraction of sp³-hybridized carbons (Fsp3) is 0.474. The fourth-order valence-electron chi connectivity index (χ4n) is 3.58. The van der Waals surface area contributed by atoms with Gasteiger partial charge in [-0.1, -0.05) is 0 Å². The third kappa shape index (κ3) is 3.81. The van der Waals surface area contributed by atoms with Crippen LogP contribution in [0.15, 0.2) is 29.2 Å². The number of nitrogens with zero attached hydrogens (tertiary/aromatic N) is 4. The van der Waals surface area contributed by atoms with Gasteiger partial charge in [0.05, 0.1) is 16.5 Å². The summed E-state index contributed by atoms with van der Waals surface area (Å²) in [5.41, 5.74) is 2.89. The minimum absolute atomic E-state index is 0.0389. The van der Waals surface area contributed by atoms with E-state index < -0.39 is 21.8 Å². The molecule has 0 aliphatic carbocycles. The number of carbonyl (C=O) groups is 1. The van der Waals surface area contributed by atoms with Crippen molar-refractivity contribution in [3.8, 4) is 0 Å². The van der Waals surface area contributed by atoms with Crippen LogP contribution in [0.4, 0.5) is 4.39 Å². The monoisotopic (exact) mass is 408 g/mol. The third-order valence-corrected chi connectivity index (χ3v) is 7.26. The number of carbonyl (C=O) groups excluding carboxylic acids is 1. The standard InChI is InChI=1S/C19H25FN4O3S/c1-13-18(14(2)23(4)21-13)12-22(3)19(25)15-9-10-24(11-15)28(26,27)17-7-5-16(20)6-8-17/h5-8,15H,9-12H2,1-4H3/t15-/m0/s1. The van der Waals surface area contributed by atoms with Crippen LogP contribution in [0, 0.1) is 25.6 Å². The van der Waals surface area contributed by atoms with Gasteiger partial charge in [0.25, 0.3) is 0 Å². The van der Waals surface area contributed by atoms with Crippen LogP contribution in [-0.2, 0) is 28.4 Å². The van der Waals surface area contributed by atoms with Crippen LogP contribution in [0.25, 0.3) is 0 Å². The Balaban J connectivity index is 1.69. The molecule has 1 amide bonds. The lowest BCUT2D eigenvalue weighted by molar-refractivity contribution is -0.134. The first kappa shape index (κ1) is 20.5. The molecule has 1 atom stereocenters. The maximum atomic E-state index is 13.1. The summed E-state index contributed by atoms with van der Waals surface area (Å²) in [5, 5.41) is 4.37. The molecular formula is C19H25FN4O3S. The van der Waals surface area contributed by atoms with Crippen LogP contribution in [0.1, 0.15) is 23.4 Å². The van der Waals surface area contributed by atoms with Gasteiger partial charge < -0.3 is 4.90 Å². The lowest BCUT2D eigenvalue weighted by atomic mass is 10.1. The summed E-state index contributed by atoms with van der Waals surface area (Å²) in [6, 6.07) is 4.75. The molecule has 3 rings (SSSR count). The molecule has 0 unspecified atom stereocenters. The highest BCUT2D eigenvalue weighted by molar-refractivity contribution is 7.89. The number of aromatic nitrogens is 2. The maximum absolute atomic E-state index is 13.1. The summed E-state index contributed by atoms with van der Waals surface area (Å²) in [7, 11) is -0.143. The van der Waals surface area contributed by atoms with Crippen molar-refractivity contribution in [2.75, 3.05) is 20.1 Å². The molecule has 1 fully saturated rings. The van der Waals surface area contributed by atoms with Gasteiger partial charge in [-0.15, -0.1) is 0 Å². The Labute approximate surface area is 164 Å².